The molecule has 2 rings (SSSR count). The lowest BCUT2D eigenvalue weighted by molar-refractivity contribution is 0.101. The highest BCUT2D eigenvalue weighted by Gasteiger charge is 2.12. The second-order valence-electron chi connectivity index (χ2n) is 4.17. The van der Waals surface area contributed by atoms with Gasteiger partial charge in [0, 0.05) is 17.4 Å². The highest BCUT2D eigenvalue weighted by Crippen LogP contribution is 2.18. The van der Waals surface area contributed by atoms with Crippen LogP contribution in [0.4, 0.5) is 5.69 Å². The van der Waals surface area contributed by atoms with E-state index in [9.17, 15) is 9.59 Å². The minimum Gasteiger partial charge on any atom is -0.494 e. The summed E-state index contributed by atoms with van der Waals surface area (Å²) in [7, 11) is 1.48. The van der Waals surface area contributed by atoms with Crippen molar-refractivity contribution in [2.75, 3.05) is 12.4 Å². The van der Waals surface area contributed by atoms with E-state index in [0.717, 1.165) is 0 Å². The molecule has 5 nitrogen and oxygen atoms in total. The highest BCUT2D eigenvalue weighted by molar-refractivity contribution is 6.06. The Hall–Kier alpha value is -2.69. The molecule has 0 atom stereocenters. The summed E-state index contributed by atoms with van der Waals surface area (Å²) in [5, 5.41) is 2.73. The molecule has 1 amide bonds. The molecule has 20 heavy (non-hydrogen) atoms. The van der Waals surface area contributed by atoms with E-state index >= 15 is 0 Å². The SMILES string of the molecule is COc1cnccc1C(=O)Nc1cccc(C(C)=O)c1. The van der Waals surface area contributed by atoms with Gasteiger partial charge in [0.15, 0.2) is 5.78 Å². The first kappa shape index (κ1) is 13.7. The van der Waals surface area contributed by atoms with Gasteiger partial charge in [0.25, 0.3) is 5.91 Å². The van der Waals surface area contributed by atoms with Crippen LogP contribution in [0, 0.1) is 0 Å². The van der Waals surface area contributed by atoms with Crippen LogP contribution in [0.15, 0.2) is 42.7 Å². The van der Waals surface area contributed by atoms with Crippen LogP contribution in [-0.4, -0.2) is 23.8 Å². The Morgan fingerprint density at radius 2 is 2.05 bits per heavy atom. The smallest absolute Gasteiger partial charge is 0.259 e. The van der Waals surface area contributed by atoms with Gasteiger partial charge in [-0.3, -0.25) is 14.6 Å². The van der Waals surface area contributed by atoms with Gasteiger partial charge >= 0.3 is 0 Å². The number of ketones is 1. The lowest BCUT2D eigenvalue weighted by Gasteiger charge is -2.09. The third-order valence-electron chi connectivity index (χ3n) is 2.78. The zero-order valence-electron chi connectivity index (χ0n) is 11.2. The maximum absolute atomic E-state index is 12.2. The van der Waals surface area contributed by atoms with Crippen LogP contribution < -0.4 is 10.1 Å². The topological polar surface area (TPSA) is 68.3 Å². The van der Waals surface area contributed by atoms with Crippen molar-refractivity contribution in [2.24, 2.45) is 0 Å². The maximum atomic E-state index is 12.2. The molecule has 0 unspecified atom stereocenters. The number of amides is 1. The molecule has 0 aliphatic carbocycles. The normalized spacial score (nSPS) is 9.90. The first-order valence-electron chi connectivity index (χ1n) is 6.02. The van der Waals surface area contributed by atoms with Gasteiger partial charge in [0.2, 0.25) is 0 Å². The van der Waals surface area contributed by atoms with Crippen molar-refractivity contribution in [1.29, 1.82) is 0 Å². The quantitative estimate of drug-likeness (QED) is 0.867. The van der Waals surface area contributed by atoms with E-state index in [4.69, 9.17) is 4.74 Å². The monoisotopic (exact) mass is 270 g/mol. The van der Waals surface area contributed by atoms with Gasteiger partial charge in [0.1, 0.15) is 5.75 Å². The summed E-state index contributed by atoms with van der Waals surface area (Å²) in [6.45, 7) is 1.48. The average molecular weight is 270 g/mol. The number of nitrogens with one attached hydrogen (secondary N) is 1. The summed E-state index contributed by atoms with van der Waals surface area (Å²) >= 11 is 0. The molecule has 0 saturated carbocycles. The van der Waals surface area contributed by atoms with E-state index in [1.807, 2.05) is 0 Å². The third-order valence-corrected chi connectivity index (χ3v) is 2.78. The molecule has 2 aromatic rings. The van der Waals surface area contributed by atoms with Crippen molar-refractivity contribution in [3.8, 4) is 5.75 Å². The predicted octanol–water partition coefficient (Wildman–Crippen LogP) is 2.55. The van der Waals surface area contributed by atoms with Crippen LogP contribution >= 0.6 is 0 Å². The Labute approximate surface area is 116 Å². The fourth-order valence-electron chi connectivity index (χ4n) is 1.74. The number of rotatable bonds is 4. The average Bonchev–Trinajstić information content (AvgIpc) is 2.47. The lowest BCUT2D eigenvalue weighted by Crippen LogP contribution is -2.13. The molecule has 0 spiro atoms. The van der Waals surface area contributed by atoms with Crippen molar-refractivity contribution in [1.82, 2.24) is 4.98 Å². The van der Waals surface area contributed by atoms with Crippen LogP contribution in [0.1, 0.15) is 27.6 Å². The number of anilines is 1. The summed E-state index contributed by atoms with van der Waals surface area (Å²) < 4.78 is 5.09. The Morgan fingerprint density at radius 1 is 1.25 bits per heavy atom. The molecule has 1 heterocycles. The number of hydrogen-bond acceptors (Lipinski definition) is 4. The number of hydrogen-bond donors (Lipinski definition) is 1. The highest BCUT2D eigenvalue weighted by atomic mass is 16.5. The van der Waals surface area contributed by atoms with Crippen molar-refractivity contribution >= 4 is 17.4 Å². The van der Waals surface area contributed by atoms with Crippen LogP contribution in [0.25, 0.3) is 0 Å². The molecule has 0 radical (unpaired) electrons. The summed E-state index contributed by atoms with van der Waals surface area (Å²) in [5.74, 6) is 0.0280. The van der Waals surface area contributed by atoms with Crippen molar-refractivity contribution in [3.05, 3.63) is 53.9 Å². The molecule has 0 aliphatic heterocycles. The van der Waals surface area contributed by atoms with Gasteiger partial charge in [-0.05, 0) is 25.1 Å². The number of aromatic nitrogens is 1. The zero-order valence-corrected chi connectivity index (χ0v) is 11.2. The fourth-order valence-corrected chi connectivity index (χ4v) is 1.74. The lowest BCUT2D eigenvalue weighted by atomic mass is 10.1. The van der Waals surface area contributed by atoms with Crippen molar-refractivity contribution < 1.29 is 14.3 Å². The molecular formula is C15H14N2O3. The van der Waals surface area contributed by atoms with Crippen LogP contribution in [0.5, 0.6) is 5.75 Å². The first-order valence-corrected chi connectivity index (χ1v) is 6.02. The molecular weight excluding hydrogens is 256 g/mol. The zero-order chi connectivity index (χ0) is 14.5. The number of Topliss-reactive ketones (excluding diaryl/α,β-unsaturated/α-hetero) is 1. The molecule has 0 bridgehead atoms. The number of carbonyl (C=O) groups is 2. The number of pyridine rings is 1. The summed E-state index contributed by atoms with van der Waals surface area (Å²) in [6, 6.07) is 8.34. The molecule has 102 valence electrons. The Kier molecular flexibility index (Phi) is 4.10. The molecule has 5 heteroatoms. The summed E-state index contributed by atoms with van der Waals surface area (Å²) in [4.78, 5) is 27.4. The summed E-state index contributed by atoms with van der Waals surface area (Å²) in [5.41, 5.74) is 1.49. The molecule has 1 N–H and O–H groups in total. The van der Waals surface area contributed by atoms with E-state index in [-0.39, 0.29) is 11.7 Å². The van der Waals surface area contributed by atoms with Gasteiger partial charge in [0.05, 0.1) is 18.9 Å². The minimum absolute atomic E-state index is 0.0532. The number of carbonyl (C=O) groups excluding carboxylic acids is 2. The molecule has 1 aromatic carbocycles. The van der Waals surface area contributed by atoms with E-state index in [1.54, 1.807) is 30.3 Å². The number of nitrogens with zero attached hydrogens (tertiary/aromatic N) is 1. The van der Waals surface area contributed by atoms with Gasteiger partial charge in [-0.2, -0.15) is 0 Å². The standard InChI is InChI=1S/C15H14N2O3/c1-10(18)11-4-3-5-12(8-11)17-15(19)13-6-7-16-9-14(13)20-2/h3-9H,1-2H3,(H,17,19). The minimum atomic E-state index is -0.315. The van der Waals surface area contributed by atoms with Crippen LogP contribution in [0.2, 0.25) is 0 Å². The predicted molar refractivity (Wildman–Crippen MR) is 75.2 cm³/mol. The number of methoxy groups -OCH3 is 1. The Balaban J connectivity index is 2.23. The number of benzene rings is 1. The molecule has 0 aliphatic rings. The molecule has 1 aromatic heterocycles. The van der Waals surface area contributed by atoms with Gasteiger partial charge < -0.3 is 10.1 Å². The fraction of sp³-hybridized carbons (Fsp3) is 0.133. The van der Waals surface area contributed by atoms with E-state index in [1.165, 1.54) is 26.4 Å². The largest absolute Gasteiger partial charge is 0.494 e. The second kappa shape index (κ2) is 5.97. The van der Waals surface area contributed by atoms with Crippen LogP contribution in [0.3, 0.4) is 0 Å². The van der Waals surface area contributed by atoms with Crippen molar-refractivity contribution in [2.45, 2.75) is 6.92 Å². The van der Waals surface area contributed by atoms with Gasteiger partial charge in [-0.1, -0.05) is 12.1 Å². The van der Waals surface area contributed by atoms with E-state index < -0.39 is 0 Å². The second-order valence-corrected chi connectivity index (χ2v) is 4.17. The van der Waals surface area contributed by atoms with Gasteiger partial charge in [-0.15, -0.1) is 0 Å². The van der Waals surface area contributed by atoms with Crippen molar-refractivity contribution in [3.63, 3.8) is 0 Å². The first-order chi connectivity index (χ1) is 9.61. The maximum Gasteiger partial charge on any atom is 0.259 e. The van der Waals surface area contributed by atoms with E-state index in [0.29, 0.717) is 22.6 Å². The molecule has 0 saturated heterocycles. The summed E-state index contributed by atoms with van der Waals surface area (Å²) in [6.07, 6.45) is 2.99. The third kappa shape index (κ3) is 3.00. The van der Waals surface area contributed by atoms with E-state index in [2.05, 4.69) is 10.3 Å². The number of ether oxygens (including phenoxy) is 1. The van der Waals surface area contributed by atoms with Gasteiger partial charge in [-0.25, -0.2) is 0 Å². The molecule has 0 fully saturated rings. The Bertz CT molecular complexity index is 653. The van der Waals surface area contributed by atoms with Crippen LogP contribution in [-0.2, 0) is 0 Å². The Morgan fingerprint density at radius 3 is 2.75 bits per heavy atom.